The topological polar surface area (TPSA) is 63.4 Å². The van der Waals surface area contributed by atoms with Crippen LogP contribution in [0.3, 0.4) is 0 Å². The molecule has 0 aromatic carbocycles. The van der Waals surface area contributed by atoms with Crippen molar-refractivity contribution in [1.82, 2.24) is 4.90 Å². The summed E-state index contributed by atoms with van der Waals surface area (Å²) in [6, 6.07) is 0. The highest BCUT2D eigenvalue weighted by Gasteiger charge is 2.56. The Morgan fingerprint density at radius 3 is 2.10 bits per heavy atom. The van der Waals surface area contributed by atoms with Crippen LogP contribution in [-0.2, 0) is 9.59 Å². The molecule has 1 aliphatic heterocycles. The second kappa shape index (κ2) is 5.14. The van der Waals surface area contributed by atoms with E-state index in [-0.39, 0.29) is 23.7 Å². The lowest BCUT2D eigenvalue weighted by Crippen LogP contribution is -2.61. The third-order valence-electron chi connectivity index (χ3n) is 6.05. The minimum absolute atomic E-state index is 0.0474. The Morgan fingerprint density at radius 1 is 1.05 bits per heavy atom. The van der Waals surface area contributed by atoms with Gasteiger partial charge in [0.15, 0.2) is 0 Å². The molecule has 2 amide bonds. The normalized spacial score (nSPS) is 41.9. The summed E-state index contributed by atoms with van der Waals surface area (Å²) in [6.07, 6.45) is 8.17. The predicted octanol–water partition coefficient (Wildman–Crippen LogP) is 2.07. The first-order valence-corrected chi connectivity index (χ1v) is 8.20. The van der Waals surface area contributed by atoms with Gasteiger partial charge >= 0.3 is 0 Å². The van der Waals surface area contributed by atoms with E-state index >= 15 is 0 Å². The molecule has 2 N–H and O–H groups in total. The van der Waals surface area contributed by atoms with Crippen molar-refractivity contribution in [2.24, 2.45) is 23.5 Å². The molecule has 2 aliphatic carbocycles. The molecule has 0 aromatic rings. The monoisotopic (exact) mass is 278 g/mol. The zero-order valence-corrected chi connectivity index (χ0v) is 12.4. The van der Waals surface area contributed by atoms with E-state index in [0.29, 0.717) is 12.5 Å². The van der Waals surface area contributed by atoms with Gasteiger partial charge in [-0.15, -0.1) is 0 Å². The number of imide groups is 1. The highest BCUT2D eigenvalue weighted by atomic mass is 16.2. The quantitative estimate of drug-likeness (QED) is 0.786. The van der Waals surface area contributed by atoms with Crippen molar-refractivity contribution in [3.8, 4) is 0 Å². The van der Waals surface area contributed by atoms with Crippen LogP contribution in [0.1, 0.15) is 58.3 Å². The van der Waals surface area contributed by atoms with Crippen LogP contribution in [-0.4, -0.2) is 28.8 Å². The molecule has 0 spiro atoms. The molecule has 1 saturated heterocycles. The van der Waals surface area contributed by atoms with Crippen LogP contribution < -0.4 is 5.73 Å². The number of carbonyl (C=O) groups excluding carboxylic acids is 2. The SMILES string of the molecule is CC1CCCCC1(CN)N1C(=O)C2CCCCC2C1=O. The lowest BCUT2D eigenvalue weighted by molar-refractivity contribution is -0.151. The van der Waals surface area contributed by atoms with Crippen molar-refractivity contribution in [3.63, 3.8) is 0 Å². The van der Waals surface area contributed by atoms with Crippen molar-refractivity contribution < 1.29 is 9.59 Å². The Hall–Kier alpha value is -0.900. The van der Waals surface area contributed by atoms with Crippen LogP contribution in [0.15, 0.2) is 0 Å². The Bertz CT molecular complexity index is 399. The zero-order chi connectivity index (χ0) is 14.3. The summed E-state index contributed by atoms with van der Waals surface area (Å²) in [4.78, 5) is 27.3. The van der Waals surface area contributed by atoms with Crippen LogP contribution >= 0.6 is 0 Å². The maximum Gasteiger partial charge on any atom is 0.233 e. The molecule has 112 valence electrons. The summed E-state index contributed by atoms with van der Waals surface area (Å²) in [5.74, 6) is 0.398. The van der Waals surface area contributed by atoms with Gasteiger partial charge in [0.2, 0.25) is 11.8 Å². The number of nitrogens with zero attached hydrogens (tertiary/aromatic N) is 1. The van der Waals surface area contributed by atoms with Crippen LogP contribution in [0.5, 0.6) is 0 Å². The first-order chi connectivity index (χ1) is 9.62. The van der Waals surface area contributed by atoms with Gasteiger partial charge in [-0.3, -0.25) is 14.5 Å². The van der Waals surface area contributed by atoms with Crippen molar-refractivity contribution in [2.75, 3.05) is 6.54 Å². The van der Waals surface area contributed by atoms with Crippen molar-refractivity contribution in [1.29, 1.82) is 0 Å². The molecule has 0 aromatic heterocycles. The third kappa shape index (κ3) is 1.84. The lowest BCUT2D eigenvalue weighted by Gasteiger charge is -2.47. The molecule has 4 atom stereocenters. The first kappa shape index (κ1) is 14.1. The van der Waals surface area contributed by atoms with E-state index in [1.54, 1.807) is 4.90 Å². The van der Waals surface area contributed by atoms with E-state index in [9.17, 15) is 9.59 Å². The molecule has 4 nitrogen and oxygen atoms in total. The number of carbonyl (C=O) groups is 2. The predicted molar refractivity (Wildman–Crippen MR) is 76.7 cm³/mol. The summed E-state index contributed by atoms with van der Waals surface area (Å²) in [7, 11) is 0. The second-order valence-corrected chi connectivity index (χ2v) is 6.96. The summed E-state index contributed by atoms with van der Waals surface area (Å²) >= 11 is 0. The Kier molecular flexibility index (Phi) is 3.61. The fourth-order valence-electron chi connectivity index (χ4n) is 4.72. The molecule has 3 rings (SSSR count). The molecule has 3 fully saturated rings. The first-order valence-electron chi connectivity index (χ1n) is 8.20. The molecule has 4 unspecified atom stereocenters. The van der Waals surface area contributed by atoms with Gasteiger partial charge in [-0.2, -0.15) is 0 Å². The maximum atomic E-state index is 12.8. The maximum absolute atomic E-state index is 12.8. The molecular formula is C16H26N2O2. The standard InChI is InChI=1S/C16H26N2O2/c1-11-6-4-5-9-16(11,10-17)18-14(19)12-7-2-3-8-13(12)15(18)20/h11-13H,2-10,17H2,1H3. The molecule has 20 heavy (non-hydrogen) atoms. The van der Waals surface area contributed by atoms with Crippen molar-refractivity contribution >= 4 is 11.8 Å². The van der Waals surface area contributed by atoms with Gasteiger partial charge in [0.25, 0.3) is 0 Å². The van der Waals surface area contributed by atoms with Gasteiger partial charge < -0.3 is 5.73 Å². The van der Waals surface area contributed by atoms with Gasteiger partial charge in [0.1, 0.15) is 0 Å². The van der Waals surface area contributed by atoms with Crippen molar-refractivity contribution in [2.45, 2.75) is 63.8 Å². The zero-order valence-electron chi connectivity index (χ0n) is 12.4. The summed E-state index contributed by atoms with van der Waals surface area (Å²) < 4.78 is 0. The molecule has 0 radical (unpaired) electrons. The van der Waals surface area contributed by atoms with Crippen LogP contribution in [0.4, 0.5) is 0 Å². The number of fused-ring (bicyclic) bond motifs is 1. The molecule has 3 aliphatic rings. The molecule has 2 saturated carbocycles. The number of likely N-dealkylation sites (tertiary alicyclic amines) is 1. The number of nitrogens with two attached hydrogens (primary N) is 1. The van der Waals surface area contributed by atoms with E-state index in [2.05, 4.69) is 6.92 Å². The molecule has 4 heteroatoms. The molecular weight excluding hydrogens is 252 g/mol. The highest BCUT2D eigenvalue weighted by Crippen LogP contribution is 2.46. The fourth-order valence-corrected chi connectivity index (χ4v) is 4.72. The Labute approximate surface area is 121 Å². The second-order valence-electron chi connectivity index (χ2n) is 6.96. The molecule has 1 heterocycles. The van der Waals surface area contributed by atoms with E-state index in [1.807, 2.05) is 0 Å². The van der Waals surface area contributed by atoms with Gasteiger partial charge in [-0.1, -0.05) is 32.6 Å². The van der Waals surface area contributed by atoms with Crippen LogP contribution in [0.25, 0.3) is 0 Å². The van der Waals surface area contributed by atoms with Crippen molar-refractivity contribution in [3.05, 3.63) is 0 Å². The molecule has 0 bridgehead atoms. The number of hydrogen-bond donors (Lipinski definition) is 1. The summed E-state index contributed by atoms with van der Waals surface area (Å²) in [6.45, 7) is 2.58. The highest BCUT2D eigenvalue weighted by molar-refractivity contribution is 6.06. The van der Waals surface area contributed by atoms with Gasteiger partial charge in [-0.25, -0.2) is 0 Å². The number of hydrogen-bond acceptors (Lipinski definition) is 3. The van der Waals surface area contributed by atoms with E-state index in [0.717, 1.165) is 44.9 Å². The smallest absolute Gasteiger partial charge is 0.233 e. The summed E-state index contributed by atoms with van der Waals surface area (Å²) in [5, 5.41) is 0. The minimum atomic E-state index is -0.399. The van der Waals surface area contributed by atoms with E-state index in [1.165, 1.54) is 6.42 Å². The van der Waals surface area contributed by atoms with Gasteiger partial charge in [0.05, 0.1) is 17.4 Å². The fraction of sp³-hybridized carbons (Fsp3) is 0.875. The van der Waals surface area contributed by atoms with Crippen LogP contribution in [0, 0.1) is 17.8 Å². The third-order valence-corrected chi connectivity index (χ3v) is 6.05. The summed E-state index contributed by atoms with van der Waals surface area (Å²) in [5.41, 5.74) is 5.68. The van der Waals surface area contributed by atoms with Crippen LogP contribution in [0.2, 0.25) is 0 Å². The number of amides is 2. The lowest BCUT2D eigenvalue weighted by atomic mass is 9.72. The minimum Gasteiger partial charge on any atom is -0.328 e. The Morgan fingerprint density at radius 2 is 1.60 bits per heavy atom. The van der Waals surface area contributed by atoms with E-state index < -0.39 is 5.54 Å². The Balaban J connectivity index is 1.95. The van der Waals surface area contributed by atoms with Gasteiger partial charge in [0, 0.05) is 6.54 Å². The van der Waals surface area contributed by atoms with E-state index in [4.69, 9.17) is 5.73 Å². The number of rotatable bonds is 2. The average molecular weight is 278 g/mol. The average Bonchev–Trinajstić information content (AvgIpc) is 2.73. The van der Waals surface area contributed by atoms with Gasteiger partial charge in [-0.05, 0) is 31.6 Å². The largest absolute Gasteiger partial charge is 0.328 e.